The quantitative estimate of drug-likeness (QED) is 0.632. The van der Waals surface area contributed by atoms with Gasteiger partial charge in [0.25, 0.3) is 0 Å². The predicted molar refractivity (Wildman–Crippen MR) is 93.1 cm³/mol. The number of benzene rings is 2. The van der Waals surface area contributed by atoms with E-state index in [9.17, 15) is 19.1 Å². The van der Waals surface area contributed by atoms with Crippen molar-refractivity contribution < 1.29 is 23.8 Å². The molecule has 1 aromatic heterocycles. The normalized spacial score (nSPS) is 11.9. The Balaban J connectivity index is 1.65. The number of amides is 1. The minimum Gasteiger partial charge on any atom is -0.480 e. The van der Waals surface area contributed by atoms with Gasteiger partial charge in [-0.3, -0.25) is 0 Å². The molecule has 0 aliphatic carbocycles. The Hall–Kier alpha value is -3.35. The lowest BCUT2D eigenvalue weighted by molar-refractivity contribution is -0.139. The van der Waals surface area contributed by atoms with Gasteiger partial charge in [0.15, 0.2) is 0 Å². The maximum absolute atomic E-state index is 13.2. The number of fused-ring (bicyclic) bond motifs is 1. The molecule has 2 aromatic carbocycles. The summed E-state index contributed by atoms with van der Waals surface area (Å²) in [4.78, 5) is 26.3. The van der Waals surface area contributed by atoms with Crippen LogP contribution in [0.2, 0.25) is 0 Å². The molecular formula is C19H17FN2O4. The molecule has 134 valence electrons. The van der Waals surface area contributed by atoms with E-state index in [2.05, 4.69) is 10.3 Å². The first-order valence-corrected chi connectivity index (χ1v) is 7.98. The molecule has 0 fully saturated rings. The summed E-state index contributed by atoms with van der Waals surface area (Å²) in [5.74, 6) is -1.57. The first-order valence-electron chi connectivity index (χ1n) is 7.98. The van der Waals surface area contributed by atoms with Gasteiger partial charge in [-0.05, 0) is 29.3 Å². The molecule has 1 amide bonds. The SMILES string of the molecule is O=C(N[C@H](Cc1c[nH]c2cc(F)ccc12)C(=O)O)OCc1ccccc1. The molecule has 1 heterocycles. The Kier molecular flexibility index (Phi) is 5.17. The fraction of sp³-hybridized carbons (Fsp3) is 0.158. The minimum absolute atomic E-state index is 0.0431. The van der Waals surface area contributed by atoms with Gasteiger partial charge in [0.2, 0.25) is 0 Å². The average Bonchev–Trinajstić information content (AvgIpc) is 3.02. The average molecular weight is 356 g/mol. The zero-order valence-electron chi connectivity index (χ0n) is 13.7. The van der Waals surface area contributed by atoms with E-state index in [1.54, 1.807) is 24.4 Å². The van der Waals surface area contributed by atoms with Crippen LogP contribution in [0, 0.1) is 5.82 Å². The molecule has 3 N–H and O–H groups in total. The number of halogens is 1. The minimum atomic E-state index is -1.18. The molecule has 0 bridgehead atoms. The zero-order valence-corrected chi connectivity index (χ0v) is 13.7. The lowest BCUT2D eigenvalue weighted by atomic mass is 10.1. The molecule has 0 unspecified atom stereocenters. The number of ether oxygens (including phenoxy) is 1. The van der Waals surface area contributed by atoms with Gasteiger partial charge in [0.1, 0.15) is 18.5 Å². The lowest BCUT2D eigenvalue weighted by Gasteiger charge is -2.14. The van der Waals surface area contributed by atoms with Crippen LogP contribution in [0.25, 0.3) is 10.9 Å². The van der Waals surface area contributed by atoms with Gasteiger partial charge in [-0.2, -0.15) is 0 Å². The van der Waals surface area contributed by atoms with Gasteiger partial charge in [-0.25, -0.2) is 14.0 Å². The van der Waals surface area contributed by atoms with E-state index in [1.165, 1.54) is 12.1 Å². The van der Waals surface area contributed by atoms with E-state index >= 15 is 0 Å². The van der Waals surface area contributed by atoms with Gasteiger partial charge < -0.3 is 20.1 Å². The van der Waals surface area contributed by atoms with E-state index < -0.39 is 18.1 Å². The number of aromatic nitrogens is 1. The molecule has 0 radical (unpaired) electrons. The Morgan fingerprint density at radius 3 is 2.69 bits per heavy atom. The Morgan fingerprint density at radius 2 is 1.96 bits per heavy atom. The smallest absolute Gasteiger partial charge is 0.408 e. The van der Waals surface area contributed by atoms with Gasteiger partial charge in [-0.15, -0.1) is 0 Å². The Morgan fingerprint density at radius 1 is 1.19 bits per heavy atom. The van der Waals surface area contributed by atoms with Crippen LogP contribution in [-0.4, -0.2) is 28.2 Å². The van der Waals surface area contributed by atoms with E-state index in [4.69, 9.17) is 4.74 Å². The molecule has 3 rings (SSSR count). The van der Waals surface area contributed by atoms with Crippen LogP contribution < -0.4 is 5.32 Å². The largest absolute Gasteiger partial charge is 0.480 e. The van der Waals surface area contributed by atoms with Gasteiger partial charge in [0.05, 0.1) is 0 Å². The number of hydrogen-bond acceptors (Lipinski definition) is 3. The number of carboxylic acid groups (broad SMARTS) is 1. The predicted octanol–water partition coefficient (Wildman–Crippen LogP) is 3.23. The third-order valence-electron chi connectivity index (χ3n) is 3.96. The highest BCUT2D eigenvalue weighted by atomic mass is 19.1. The summed E-state index contributed by atoms with van der Waals surface area (Å²) in [5, 5.41) is 12.4. The van der Waals surface area contributed by atoms with Gasteiger partial charge >= 0.3 is 12.1 Å². The molecule has 0 aliphatic rings. The van der Waals surface area contributed by atoms with Crippen molar-refractivity contribution in [3.8, 4) is 0 Å². The standard InChI is InChI=1S/C19H17FN2O4/c20-14-6-7-15-13(10-21-16(15)9-14)8-17(18(23)24)22-19(25)26-11-12-4-2-1-3-5-12/h1-7,9-10,17,21H,8,11H2,(H,22,25)(H,23,24)/t17-/m1/s1. The van der Waals surface area contributed by atoms with Gasteiger partial charge in [0, 0.05) is 23.5 Å². The molecule has 26 heavy (non-hydrogen) atoms. The fourth-order valence-corrected chi connectivity index (χ4v) is 2.65. The monoisotopic (exact) mass is 356 g/mol. The number of aliphatic carboxylic acids is 1. The number of nitrogens with one attached hydrogen (secondary N) is 2. The van der Waals surface area contributed by atoms with Crippen molar-refractivity contribution in [1.82, 2.24) is 10.3 Å². The van der Waals surface area contributed by atoms with Gasteiger partial charge in [-0.1, -0.05) is 30.3 Å². The highest BCUT2D eigenvalue weighted by Gasteiger charge is 2.22. The van der Waals surface area contributed by atoms with Crippen LogP contribution in [0.1, 0.15) is 11.1 Å². The van der Waals surface area contributed by atoms with E-state index in [-0.39, 0.29) is 18.8 Å². The molecule has 0 spiro atoms. The van der Waals surface area contributed by atoms with Crippen LogP contribution in [-0.2, 0) is 22.6 Å². The second-order valence-corrected chi connectivity index (χ2v) is 5.80. The number of alkyl carbamates (subject to hydrolysis) is 1. The summed E-state index contributed by atoms with van der Waals surface area (Å²) < 4.78 is 18.3. The summed E-state index contributed by atoms with van der Waals surface area (Å²) in [6.45, 7) is 0.0470. The molecule has 0 saturated carbocycles. The molecule has 6 nitrogen and oxygen atoms in total. The summed E-state index contributed by atoms with van der Waals surface area (Å²) in [6, 6.07) is 12.1. The molecular weight excluding hydrogens is 339 g/mol. The maximum atomic E-state index is 13.2. The van der Waals surface area contributed by atoms with Crippen molar-refractivity contribution in [2.45, 2.75) is 19.1 Å². The van der Waals surface area contributed by atoms with Crippen molar-refractivity contribution in [2.24, 2.45) is 0 Å². The number of carbonyl (C=O) groups excluding carboxylic acids is 1. The molecule has 7 heteroatoms. The van der Waals surface area contributed by atoms with Crippen molar-refractivity contribution in [3.63, 3.8) is 0 Å². The zero-order chi connectivity index (χ0) is 18.5. The number of hydrogen-bond donors (Lipinski definition) is 3. The number of H-pyrrole nitrogens is 1. The first kappa shape index (κ1) is 17.5. The van der Waals surface area contributed by atoms with Crippen LogP contribution in [0.15, 0.2) is 54.7 Å². The van der Waals surface area contributed by atoms with E-state index in [0.717, 1.165) is 5.56 Å². The number of rotatable bonds is 6. The Bertz CT molecular complexity index is 924. The highest BCUT2D eigenvalue weighted by Crippen LogP contribution is 2.20. The van der Waals surface area contributed by atoms with E-state index in [1.807, 2.05) is 18.2 Å². The second kappa shape index (κ2) is 7.69. The van der Waals surface area contributed by atoms with Crippen molar-refractivity contribution in [3.05, 3.63) is 71.7 Å². The lowest BCUT2D eigenvalue weighted by Crippen LogP contribution is -2.42. The topological polar surface area (TPSA) is 91.4 Å². The van der Waals surface area contributed by atoms with Crippen molar-refractivity contribution in [1.29, 1.82) is 0 Å². The summed E-state index contributed by atoms with van der Waals surface area (Å²) >= 11 is 0. The second-order valence-electron chi connectivity index (χ2n) is 5.80. The highest BCUT2D eigenvalue weighted by molar-refractivity contribution is 5.85. The van der Waals surface area contributed by atoms with Crippen LogP contribution >= 0.6 is 0 Å². The molecule has 1 atom stereocenters. The third-order valence-corrected chi connectivity index (χ3v) is 3.96. The third kappa shape index (κ3) is 4.18. The van der Waals surface area contributed by atoms with Crippen molar-refractivity contribution >= 4 is 23.0 Å². The number of carboxylic acids is 1. The summed E-state index contributed by atoms with van der Waals surface area (Å²) in [6.07, 6.45) is 0.838. The summed E-state index contributed by atoms with van der Waals surface area (Å²) in [5.41, 5.74) is 2.03. The molecule has 0 saturated heterocycles. The first-order chi connectivity index (χ1) is 12.5. The Labute approximate surface area is 148 Å². The van der Waals surface area contributed by atoms with Crippen LogP contribution in [0.3, 0.4) is 0 Å². The number of aromatic amines is 1. The van der Waals surface area contributed by atoms with Crippen molar-refractivity contribution in [2.75, 3.05) is 0 Å². The molecule has 0 aliphatic heterocycles. The number of carbonyl (C=O) groups is 2. The maximum Gasteiger partial charge on any atom is 0.408 e. The van der Waals surface area contributed by atoms with Crippen LogP contribution in [0.4, 0.5) is 9.18 Å². The fourth-order valence-electron chi connectivity index (χ4n) is 2.65. The van der Waals surface area contributed by atoms with E-state index in [0.29, 0.717) is 16.5 Å². The van der Waals surface area contributed by atoms with Crippen LogP contribution in [0.5, 0.6) is 0 Å². The molecule has 3 aromatic rings. The summed E-state index contributed by atoms with van der Waals surface area (Å²) in [7, 11) is 0.